The first-order valence-electron chi connectivity index (χ1n) is 11.8. The lowest BCUT2D eigenvalue weighted by Gasteiger charge is -2.31. The Kier molecular flexibility index (Phi) is 9.81. The molecule has 1 amide bonds. The van der Waals surface area contributed by atoms with Crippen molar-refractivity contribution in [3.8, 4) is 5.75 Å². The molecule has 0 bridgehead atoms. The molecule has 1 heterocycles. The number of amides is 1. The molecule has 1 aliphatic heterocycles. The molecule has 0 aliphatic carbocycles. The van der Waals surface area contributed by atoms with E-state index < -0.39 is 32.0 Å². The summed E-state index contributed by atoms with van der Waals surface area (Å²) in [6, 6.07) is 9.97. The second kappa shape index (κ2) is 12.4. The molecular formula is C24H32ClN3O7S2. The van der Waals surface area contributed by atoms with Gasteiger partial charge in [-0.25, -0.2) is 16.8 Å². The number of ether oxygens (including phenoxy) is 2. The Labute approximate surface area is 223 Å². The molecule has 0 spiro atoms. The van der Waals surface area contributed by atoms with E-state index in [1.807, 2.05) is 0 Å². The number of morpholine rings is 1. The molecule has 2 aromatic rings. The quantitative estimate of drug-likeness (QED) is 0.410. The minimum absolute atomic E-state index is 0.104. The molecule has 0 radical (unpaired) electrons. The van der Waals surface area contributed by atoms with Gasteiger partial charge >= 0.3 is 0 Å². The third kappa shape index (κ3) is 7.35. The number of carbonyl (C=O) groups is 1. The van der Waals surface area contributed by atoms with E-state index in [2.05, 4.69) is 5.32 Å². The molecule has 1 saturated heterocycles. The van der Waals surface area contributed by atoms with E-state index in [1.165, 1.54) is 22.5 Å². The highest BCUT2D eigenvalue weighted by molar-refractivity contribution is 7.92. The molecule has 1 aliphatic rings. The molecule has 2 aromatic carbocycles. The van der Waals surface area contributed by atoms with Crippen molar-refractivity contribution in [1.29, 1.82) is 0 Å². The second-order valence-corrected chi connectivity index (χ2v) is 12.8. The van der Waals surface area contributed by atoms with Crippen molar-refractivity contribution in [3.63, 3.8) is 0 Å². The van der Waals surface area contributed by atoms with E-state index in [9.17, 15) is 21.6 Å². The van der Waals surface area contributed by atoms with E-state index >= 15 is 0 Å². The lowest BCUT2D eigenvalue weighted by molar-refractivity contribution is -0.122. The summed E-state index contributed by atoms with van der Waals surface area (Å²) < 4.78 is 64.1. The van der Waals surface area contributed by atoms with Crippen LogP contribution in [-0.2, 0) is 29.6 Å². The van der Waals surface area contributed by atoms with Gasteiger partial charge in [0.25, 0.3) is 0 Å². The summed E-state index contributed by atoms with van der Waals surface area (Å²) in [4.78, 5) is 13.1. The summed E-state index contributed by atoms with van der Waals surface area (Å²) in [7, 11) is -7.39. The maximum absolute atomic E-state index is 13.0. The van der Waals surface area contributed by atoms with E-state index in [0.29, 0.717) is 48.3 Å². The molecule has 0 saturated carbocycles. The number of aryl methyl sites for hydroxylation is 1. The smallest absolute Gasteiger partial charge is 0.244 e. The number of nitrogens with zero attached hydrogens (tertiary/aromatic N) is 2. The van der Waals surface area contributed by atoms with Crippen molar-refractivity contribution >= 4 is 43.2 Å². The van der Waals surface area contributed by atoms with Gasteiger partial charge in [0.15, 0.2) is 0 Å². The van der Waals surface area contributed by atoms with Crippen LogP contribution in [0.15, 0.2) is 47.4 Å². The summed E-state index contributed by atoms with van der Waals surface area (Å²) in [6.45, 7) is 5.06. The van der Waals surface area contributed by atoms with Crippen LogP contribution in [-0.4, -0.2) is 78.8 Å². The maximum Gasteiger partial charge on any atom is 0.244 e. The van der Waals surface area contributed by atoms with Gasteiger partial charge in [-0.1, -0.05) is 24.6 Å². The number of sulfonamides is 2. The predicted molar refractivity (Wildman–Crippen MR) is 142 cm³/mol. The van der Waals surface area contributed by atoms with Crippen LogP contribution in [0.2, 0.25) is 5.02 Å². The van der Waals surface area contributed by atoms with Crippen molar-refractivity contribution in [3.05, 3.63) is 53.1 Å². The zero-order chi connectivity index (χ0) is 27.2. The standard InChI is InChI=1S/C24H32ClN3O7S2/c1-4-22(28(36(3,30)31)23-17-19(25)6-5-18(23)2)24(29)26-11-14-35-20-7-9-21(10-8-20)37(32,33)27-12-15-34-16-13-27/h5-10,17,22H,4,11-16H2,1-3H3,(H,26,29). The van der Waals surface area contributed by atoms with Crippen molar-refractivity contribution < 1.29 is 31.1 Å². The molecule has 37 heavy (non-hydrogen) atoms. The lowest BCUT2D eigenvalue weighted by atomic mass is 10.1. The van der Waals surface area contributed by atoms with Gasteiger partial charge in [0.1, 0.15) is 18.4 Å². The number of halogens is 1. The molecule has 1 N–H and O–H groups in total. The summed E-state index contributed by atoms with van der Waals surface area (Å²) in [5.74, 6) is -0.0302. The van der Waals surface area contributed by atoms with E-state index in [-0.39, 0.29) is 24.5 Å². The van der Waals surface area contributed by atoms with Crippen LogP contribution in [0.5, 0.6) is 5.75 Å². The van der Waals surface area contributed by atoms with Gasteiger partial charge in [-0.2, -0.15) is 4.31 Å². The van der Waals surface area contributed by atoms with Crippen LogP contribution in [0, 0.1) is 6.92 Å². The van der Waals surface area contributed by atoms with Crippen LogP contribution < -0.4 is 14.4 Å². The highest BCUT2D eigenvalue weighted by Crippen LogP contribution is 2.29. The van der Waals surface area contributed by atoms with E-state index in [1.54, 1.807) is 38.1 Å². The topological polar surface area (TPSA) is 122 Å². The summed E-state index contributed by atoms with van der Waals surface area (Å²) in [5, 5.41) is 3.08. The van der Waals surface area contributed by atoms with E-state index in [4.69, 9.17) is 21.1 Å². The van der Waals surface area contributed by atoms with Crippen LogP contribution in [0.3, 0.4) is 0 Å². The predicted octanol–water partition coefficient (Wildman–Crippen LogP) is 2.41. The first kappa shape index (κ1) is 29.2. The van der Waals surface area contributed by atoms with Crippen LogP contribution in [0.4, 0.5) is 5.69 Å². The summed E-state index contributed by atoms with van der Waals surface area (Å²) in [5.41, 5.74) is 1.02. The molecule has 1 atom stereocenters. The Balaban J connectivity index is 1.60. The average molecular weight is 574 g/mol. The van der Waals surface area contributed by atoms with Gasteiger partial charge in [-0.3, -0.25) is 9.10 Å². The largest absolute Gasteiger partial charge is 0.492 e. The third-order valence-electron chi connectivity index (χ3n) is 5.84. The minimum Gasteiger partial charge on any atom is -0.492 e. The fraction of sp³-hybridized carbons (Fsp3) is 0.458. The Bertz CT molecular complexity index is 1300. The van der Waals surface area contributed by atoms with Crippen molar-refractivity contribution in [2.24, 2.45) is 0 Å². The van der Waals surface area contributed by atoms with Gasteiger partial charge in [-0.15, -0.1) is 0 Å². The average Bonchev–Trinajstić information content (AvgIpc) is 2.86. The van der Waals surface area contributed by atoms with Gasteiger partial charge < -0.3 is 14.8 Å². The Hall–Kier alpha value is -2.38. The number of carbonyl (C=O) groups excluding carboxylic acids is 1. The van der Waals surface area contributed by atoms with Gasteiger partial charge in [-0.05, 0) is 55.3 Å². The van der Waals surface area contributed by atoms with E-state index in [0.717, 1.165) is 10.6 Å². The number of hydrogen-bond acceptors (Lipinski definition) is 7. The maximum atomic E-state index is 13.0. The Morgan fingerprint density at radius 1 is 1.14 bits per heavy atom. The second-order valence-electron chi connectivity index (χ2n) is 8.54. The molecule has 1 fully saturated rings. The van der Waals surface area contributed by atoms with Crippen molar-refractivity contribution in [2.75, 3.05) is 50.0 Å². The molecule has 3 rings (SSSR count). The fourth-order valence-corrected chi connectivity index (χ4v) is 6.80. The summed E-state index contributed by atoms with van der Waals surface area (Å²) >= 11 is 6.09. The highest BCUT2D eigenvalue weighted by Gasteiger charge is 2.32. The highest BCUT2D eigenvalue weighted by atomic mass is 35.5. The molecule has 1 unspecified atom stereocenters. The number of benzene rings is 2. The molecule has 13 heteroatoms. The molecular weight excluding hydrogens is 542 g/mol. The zero-order valence-corrected chi connectivity index (χ0v) is 23.4. The summed E-state index contributed by atoms with van der Waals surface area (Å²) in [6.07, 6.45) is 1.29. The minimum atomic E-state index is -3.79. The number of anilines is 1. The third-order valence-corrected chi connectivity index (χ3v) is 9.15. The number of rotatable bonds is 11. The monoisotopic (exact) mass is 573 g/mol. The molecule has 204 valence electrons. The normalized spacial score (nSPS) is 15.7. The van der Waals surface area contributed by atoms with Crippen molar-refractivity contribution in [1.82, 2.24) is 9.62 Å². The molecule has 10 nitrogen and oxygen atoms in total. The van der Waals surface area contributed by atoms with Crippen LogP contribution >= 0.6 is 11.6 Å². The first-order valence-corrected chi connectivity index (χ1v) is 15.5. The Morgan fingerprint density at radius 3 is 2.38 bits per heavy atom. The SMILES string of the molecule is CCC(C(=O)NCCOc1ccc(S(=O)(=O)N2CCOCC2)cc1)N(c1cc(Cl)ccc1C)S(C)(=O)=O. The Morgan fingerprint density at radius 2 is 1.78 bits per heavy atom. The first-order chi connectivity index (χ1) is 17.4. The fourth-order valence-electron chi connectivity index (χ4n) is 3.96. The molecule has 0 aromatic heterocycles. The number of nitrogens with one attached hydrogen (secondary N) is 1. The van der Waals surface area contributed by atoms with Crippen LogP contribution in [0.25, 0.3) is 0 Å². The van der Waals surface area contributed by atoms with Gasteiger partial charge in [0.2, 0.25) is 26.0 Å². The van der Waals surface area contributed by atoms with Gasteiger partial charge in [0.05, 0.1) is 36.6 Å². The van der Waals surface area contributed by atoms with Gasteiger partial charge in [0, 0.05) is 18.1 Å². The van der Waals surface area contributed by atoms with Crippen LogP contribution in [0.1, 0.15) is 18.9 Å². The zero-order valence-electron chi connectivity index (χ0n) is 21.0. The van der Waals surface area contributed by atoms with Crippen molar-refractivity contribution in [2.45, 2.75) is 31.2 Å². The lowest BCUT2D eigenvalue weighted by Crippen LogP contribution is -2.50. The number of hydrogen-bond donors (Lipinski definition) is 1.